The SMILES string of the molecule is CCCCCCCCCCCCNCC(O)C1O[C@](OC(CO)C(O)C2OC(OC(CO)C(O)C3OC(O)(C(=O)O)CC(O)C3N)(C(=O)O)CC(O)C2N)(C(=O)O)CC(O)C1NC(=O)CC. The van der Waals surface area contributed by atoms with Gasteiger partial charge in [0, 0.05) is 32.2 Å². The first kappa shape index (κ1) is 57.5. The Labute approximate surface area is 382 Å². The fourth-order valence-corrected chi connectivity index (χ4v) is 8.42. The number of aliphatic carboxylic acids is 3. The van der Waals surface area contributed by atoms with E-state index in [0.29, 0.717) is 6.54 Å². The van der Waals surface area contributed by atoms with E-state index in [1.807, 2.05) is 0 Å². The van der Waals surface area contributed by atoms with Crippen LogP contribution in [-0.4, -0.2) is 214 Å². The van der Waals surface area contributed by atoms with E-state index in [-0.39, 0.29) is 13.0 Å². The first-order valence-electron chi connectivity index (χ1n) is 22.7. The van der Waals surface area contributed by atoms with Crippen LogP contribution in [0.2, 0.25) is 0 Å². The molecule has 0 aromatic heterocycles. The van der Waals surface area contributed by atoms with Gasteiger partial charge in [-0.2, -0.15) is 0 Å². The highest BCUT2D eigenvalue weighted by molar-refractivity contribution is 5.78. The molecule has 0 spiro atoms. The Morgan fingerprint density at radius 1 is 0.652 bits per heavy atom. The van der Waals surface area contributed by atoms with E-state index in [1.165, 1.54) is 39.0 Å². The van der Waals surface area contributed by atoms with Gasteiger partial charge in [0.1, 0.15) is 42.7 Å². The molecule has 16 unspecified atom stereocenters. The highest BCUT2D eigenvalue weighted by atomic mass is 16.8. The zero-order valence-electron chi connectivity index (χ0n) is 37.5. The predicted octanol–water partition coefficient (Wildman–Crippen LogP) is -4.33. The predicted molar refractivity (Wildman–Crippen MR) is 225 cm³/mol. The standard InChI is InChI=1S/C41H74N4O21/c1-3-5-6-7-8-9-10-11-12-13-14-44-18-24(51)33-30(45-27(52)4-2)23(50)17-41(65-33,38(59)60)63-26(20-47)32(54)35-29(43)22(49)16-40(66-35,37(57)58)62-25(19-46)31(53)34-28(42)21(48)15-39(61,64-34)36(55)56/h21-26,28-35,44,46-51,53-54,61H,3-20,42-43H2,1-2H3,(H,45,52)(H,55,56)(H,57,58)(H,59,60)/t21?,22?,23?,24?,25?,26?,28?,29?,30?,31?,32?,33?,34?,35?,39?,40?,41-/m0/s1. The molecular weight excluding hydrogens is 884 g/mol. The minimum atomic E-state index is -3.17. The number of carboxylic acid groups (broad SMARTS) is 3. The van der Waals surface area contributed by atoms with Crippen LogP contribution in [-0.2, 0) is 42.9 Å². The Kier molecular flexibility index (Phi) is 22.9. The van der Waals surface area contributed by atoms with E-state index in [0.717, 1.165) is 32.1 Å². The van der Waals surface area contributed by atoms with Crippen molar-refractivity contribution in [2.45, 2.75) is 206 Å². The smallest absolute Gasteiger partial charge is 0.364 e. The van der Waals surface area contributed by atoms with Crippen molar-refractivity contribution < 1.29 is 104 Å². The summed E-state index contributed by atoms with van der Waals surface area (Å²) in [4.78, 5) is 50.2. The van der Waals surface area contributed by atoms with E-state index in [9.17, 15) is 80.5 Å². The van der Waals surface area contributed by atoms with Gasteiger partial charge in [-0.1, -0.05) is 71.6 Å². The van der Waals surface area contributed by atoms with Crippen LogP contribution in [0, 0.1) is 0 Å². The highest BCUT2D eigenvalue weighted by Gasteiger charge is 2.60. The maximum atomic E-state index is 13.0. The Morgan fingerprint density at radius 2 is 1.09 bits per heavy atom. The third-order valence-electron chi connectivity index (χ3n) is 12.4. The van der Waals surface area contributed by atoms with Crippen LogP contribution in [0.4, 0.5) is 0 Å². The normalized spacial score (nSPS) is 35.0. The molecule has 1 amide bonds. The number of aliphatic hydroxyl groups is 9. The molecule has 3 rings (SSSR count). The number of carbonyl (C=O) groups is 4. The minimum Gasteiger partial charge on any atom is -0.477 e. The maximum Gasteiger partial charge on any atom is 0.364 e. The number of rotatable bonds is 29. The van der Waals surface area contributed by atoms with Crippen molar-refractivity contribution in [3.05, 3.63) is 0 Å². The topological polar surface area (TPSA) is 433 Å². The first-order valence-corrected chi connectivity index (χ1v) is 22.7. The summed E-state index contributed by atoms with van der Waals surface area (Å²) in [5.74, 6) is -15.8. The van der Waals surface area contributed by atoms with Crippen molar-refractivity contribution in [2.24, 2.45) is 11.5 Å². The Hall–Kier alpha value is -2.80. The molecule has 25 heteroatoms. The lowest BCUT2D eigenvalue weighted by atomic mass is 9.87. The molecule has 17 atom stereocenters. The lowest BCUT2D eigenvalue weighted by molar-refractivity contribution is -0.353. The van der Waals surface area contributed by atoms with Crippen molar-refractivity contribution in [1.82, 2.24) is 10.6 Å². The zero-order chi connectivity index (χ0) is 49.6. The summed E-state index contributed by atoms with van der Waals surface area (Å²) in [5.41, 5.74) is 12.0. The van der Waals surface area contributed by atoms with Gasteiger partial charge in [0.05, 0.1) is 55.8 Å². The van der Waals surface area contributed by atoms with Crippen LogP contribution >= 0.6 is 0 Å². The highest BCUT2D eigenvalue weighted by Crippen LogP contribution is 2.39. The average Bonchev–Trinajstić information content (AvgIpc) is 3.27. The molecule has 0 bridgehead atoms. The summed E-state index contributed by atoms with van der Waals surface area (Å²) in [7, 11) is 0. The summed E-state index contributed by atoms with van der Waals surface area (Å²) in [6.45, 7) is 1.36. The number of nitrogens with two attached hydrogens (primary N) is 2. The van der Waals surface area contributed by atoms with Gasteiger partial charge < -0.3 is 107 Å². The molecule has 3 saturated heterocycles. The number of carbonyl (C=O) groups excluding carboxylic acids is 1. The second kappa shape index (κ2) is 26.3. The third-order valence-corrected chi connectivity index (χ3v) is 12.4. The van der Waals surface area contributed by atoms with Crippen molar-refractivity contribution in [3.63, 3.8) is 0 Å². The van der Waals surface area contributed by atoms with Gasteiger partial charge in [-0.05, 0) is 13.0 Å². The molecule has 0 saturated carbocycles. The van der Waals surface area contributed by atoms with E-state index in [2.05, 4.69) is 17.6 Å². The Bertz CT molecular complexity index is 1540. The molecule has 3 fully saturated rings. The van der Waals surface area contributed by atoms with E-state index < -0.39 is 159 Å². The van der Waals surface area contributed by atoms with Crippen LogP contribution < -0.4 is 22.1 Å². The van der Waals surface area contributed by atoms with Gasteiger partial charge in [0.15, 0.2) is 0 Å². The molecule has 3 aliphatic heterocycles. The summed E-state index contributed by atoms with van der Waals surface area (Å²) < 4.78 is 27.8. The molecule has 66 heavy (non-hydrogen) atoms. The Balaban J connectivity index is 1.82. The molecule has 0 aliphatic carbocycles. The number of ether oxygens (including phenoxy) is 5. The first-order chi connectivity index (χ1) is 31.1. The summed E-state index contributed by atoms with van der Waals surface area (Å²) in [6, 6.07) is -4.79. The van der Waals surface area contributed by atoms with Crippen molar-refractivity contribution in [3.8, 4) is 0 Å². The molecule has 3 heterocycles. The molecule has 0 aromatic rings. The minimum absolute atomic E-state index is 0.0610. The second-order valence-electron chi connectivity index (χ2n) is 17.5. The van der Waals surface area contributed by atoms with Crippen molar-refractivity contribution >= 4 is 23.8 Å². The quantitative estimate of drug-likeness (QED) is 0.0315. The number of hydrogen-bond donors (Lipinski definition) is 16. The van der Waals surface area contributed by atoms with Gasteiger partial charge >= 0.3 is 17.9 Å². The Morgan fingerprint density at radius 3 is 1.55 bits per heavy atom. The van der Waals surface area contributed by atoms with Crippen molar-refractivity contribution in [2.75, 3.05) is 26.3 Å². The number of amides is 1. The van der Waals surface area contributed by atoms with Gasteiger partial charge in [-0.3, -0.25) is 4.79 Å². The van der Waals surface area contributed by atoms with Crippen LogP contribution in [0.25, 0.3) is 0 Å². The maximum absolute atomic E-state index is 13.0. The largest absolute Gasteiger partial charge is 0.477 e. The summed E-state index contributed by atoms with van der Waals surface area (Å²) >= 11 is 0. The van der Waals surface area contributed by atoms with Gasteiger partial charge in [-0.15, -0.1) is 0 Å². The number of hydrogen-bond acceptors (Lipinski definition) is 21. The second-order valence-corrected chi connectivity index (χ2v) is 17.5. The lowest BCUT2D eigenvalue weighted by Gasteiger charge is -2.49. The molecule has 25 nitrogen and oxygen atoms in total. The third kappa shape index (κ3) is 14.6. The number of nitrogens with one attached hydrogen (secondary N) is 2. The molecule has 18 N–H and O–H groups in total. The van der Waals surface area contributed by atoms with Gasteiger partial charge in [0.2, 0.25) is 5.91 Å². The molecule has 3 aliphatic rings. The van der Waals surface area contributed by atoms with Crippen LogP contribution in [0.15, 0.2) is 0 Å². The fraction of sp³-hybridized carbons (Fsp3) is 0.902. The summed E-state index contributed by atoms with van der Waals surface area (Å²) in [6.07, 6.45) is -14.2. The van der Waals surface area contributed by atoms with E-state index >= 15 is 0 Å². The lowest BCUT2D eigenvalue weighted by Crippen LogP contribution is -2.70. The summed E-state index contributed by atoms with van der Waals surface area (Å²) in [5, 5.41) is 134. The fourth-order valence-electron chi connectivity index (χ4n) is 8.42. The number of carboxylic acids is 3. The molecule has 0 radical (unpaired) electrons. The van der Waals surface area contributed by atoms with E-state index in [4.69, 9.17) is 35.2 Å². The monoisotopic (exact) mass is 958 g/mol. The number of aliphatic hydroxyl groups excluding tert-OH is 8. The number of unbranched alkanes of at least 4 members (excludes halogenated alkanes) is 9. The van der Waals surface area contributed by atoms with Gasteiger partial charge in [0.25, 0.3) is 17.4 Å². The molecule has 384 valence electrons. The van der Waals surface area contributed by atoms with Gasteiger partial charge in [-0.25, -0.2) is 14.4 Å². The van der Waals surface area contributed by atoms with Crippen molar-refractivity contribution in [1.29, 1.82) is 0 Å². The van der Waals surface area contributed by atoms with E-state index in [1.54, 1.807) is 0 Å². The van der Waals surface area contributed by atoms with Crippen LogP contribution in [0.1, 0.15) is 104 Å². The van der Waals surface area contributed by atoms with Crippen LogP contribution in [0.5, 0.6) is 0 Å². The average molecular weight is 959 g/mol. The molecular formula is C41H74N4O21. The molecule has 0 aromatic carbocycles. The zero-order valence-corrected chi connectivity index (χ0v) is 37.5. The van der Waals surface area contributed by atoms with Crippen LogP contribution in [0.3, 0.4) is 0 Å².